The van der Waals surface area contributed by atoms with Crippen LogP contribution in [0.4, 0.5) is 8.78 Å². The van der Waals surface area contributed by atoms with Gasteiger partial charge in [0, 0.05) is 51.0 Å². The average Bonchev–Trinajstić information content (AvgIpc) is 3.11. The summed E-state index contributed by atoms with van der Waals surface area (Å²) in [5.41, 5.74) is -0.477. The predicted molar refractivity (Wildman–Crippen MR) is 75.1 cm³/mol. The van der Waals surface area contributed by atoms with E-state index >= 15 is 0 Å². The number of halogens is 2. The summed E-state index contributed by atoms with van der Waals surface area (Å²) in [5, 5.41) is 10.6. The van der Waals surface area contributed by atoms with Crippen LogP contribution in [0.5, 0.6) is 0 Å². The lowest BCUT2D eigenvalue weighted by Gasteiger charge is -2.10. The molecule has 118 valence electrons. The summed E-state index contributed by atoms with van der Waals surface area (Å²) >= 11 is 0. The quantitative estimate of drug-likeness (QED) is 0.711. The van der Waals surface area contributed by atoms with Gasteiger partial charge >= 0.3 is 6.55 Å². The second-order valence-corrected chi connectivity index (χ2v) is 5.01. The molecule has 0 fully saturated rings. The maximum atomic E-state index is 12.6. The van der Waals surface area contributed by atoms with Gasteiger partial charge in [0.1, 0.15) is 5.82 Å². The molecule has 0 saturated carbocycles. The minimum absolute atomic E-state index is 0.160. The fraction of sp³-hybridized carbons (Fsp3) is 0.571. The number of terminal acetylenes is 1. The highest BCUT2D eigenvalue weighted by Gasteiger charge is 2.39. The fourth-order valence-corrected chi connectivity index (χ4v) is 2.10. The summed E-state index contributed by atoms with van der Waals surface area (Å²) in [6, 6.07) is 0. The molecule has 0 radical (unpaired) electrons. The summed E-state index contributed by atoms with van der Waals surface area (Å²) < 4.78 is 26.0. The van der Waals surface area contributed by atoms with E-state index in [2.05, 4.69) is 26.4 Å². The Morgan fingerprint density at radius 3 is 2.86 bits per heavy atom. The highest BCUT2D eigenvalue weighted by Crippen LogP contribution is 2.37. The number of carbonyl (C=O) groups is 1. The summed E-state index contributed by atoms with van der Waals surface area (Å²) in [4.78, 5) is 15.6. The number of nitrogens with one attached hydrogen (secondary N) is 1. The molecule has 1 aromatic heterocycles. The van der Waals surface area contributed by atoms with Gasteiger partial charge in [0.15, 0.2) is 5.66 Å². The minimum Gasteiger partial charge on any atom is -0.356 e. The highest BCUT2D eigenvalue weighted by molar-refractivity contribution is 5.75. The molecule has 6 nitrogen and oxygen atoms in total. The Kier molecular flexibility index (Phi) is 5.20. The second kappa shape index (κ2) is 7.11. The molecule has 0 bridgehead atoms. The SMILES string of the molecule is C#CCCC1(CCC(=O)NCCc2nccn2C(F)F)N=N1. The minimum atomic E-state index is -2.62. The van der Waals surface area contributed by atoms with Crippen LogP contribution in [-0.4, -0.2) is 27.7 Å². The van der Waals surface area contributed by atoms with Gasteiger partial charge in [-0.3, -0.25) is 9.36 Å². The lowest BCUT2D eigenvalue weighted by atomic mass is 10.0. The van der Waals surface area contributed by atoms with E-state index in [-0.39, 0.29) is 31.1 Å². The molecule has 0 spiro atoms. The molecule has 2 rings (SSSR count). The third-order valence-electron chi connectivity index (χ3n) is 3.43. The van der Waals surface area contributed by atoms with Crippen molar-refractivity contribution in [3.63, 3.8) is 0 Å². The Morgan fingerprint density at radius 1 is 1.45 bits per heavy atom. The third-order valence-corrected chi connectivity index (χ3v) is 3.43. The molecule has 1 amide bonds. The summed E-state index contributed by atoms with van der Waals surface area (Å²) in [6.07, 6.45) is 10.00. The van der Waals surface area contributed by atoms with Gasteiger partial charge in [0.2, 0.25) is 5.91 Å². The van der Waals surface area contributed by atoms with E-state index in [4.69, 9.17) is 6.42 Å². The van der Waals surface area contributed by atoms with Crippen molar-refractivity contribution in [3.05, 3.63) is 18.2 Å². The number of amides is 1. The molecule has 0 atom stereocenters. The van der Waals surface area contributed by atoms with E-state index in [1.807, 2.05) is 0 Å². The van der Waals surface area contributed by atoms with Crippen molar-refractivity contribution in [2.45, 2.75) is 44.3 Å². The molecule has 0 aromatic carbocycles. The van der Waals surface area contributed by atoms with E-state index in [9.17, 15) is 13.6 Å². The second-order valence-electron chi connectivity index (χ2n) is 5.01. The molecule has 1 aromatic rings. The van der Waals surface area contributed by atoms with Gasteiger partial charge in [-0.05, 0) is 0 Å². The van der Waals surface area contributed by atoms with Crippen LogP contribution in [0, 0.1) is 12.3 Å². The van der Waals surface area contributed by atoms with Crippen LogP contribution in [-0.2, 0) is 11.2 Å². The molecule has 1 aliphatic rings. The van der Waals surface area contributed by atoms with Gasteiger partial charge < -0.3 is 5.32 Å². The number of aromatic nitrogens is 2. The Balaban J connectivity index is 1.66. The smallest absolute Gasteiger partial charge is 0.319 e. The largest absolute Gasteiger partial charge is 0.356 e. The van der Waals surface area contributed by atoms with E-state index in [1.165, 1.54) is 12.4 Å². The van der Waals surface area contributed by atoms with Crippen LogP contribution in [0.25, 0.3) is 0 Å². The lowest BCUT2D eigenvalue weighted by Crippen LogP contribution is -2.27. The van der Waals surface area contributed by atoms with Gasteiger partial charge in [-0.25, -0.2) is 4.98 Å². The molecule has 1 aliphatic heterocycles. The van der Waals surface area contributed by atoms with E-state index < -0.39 is 12.2 Å². The van der Waals surface area contributed by atoms with E-state index in [0.717, 1.165) is 4.57 Å². The maximum Gasteiger partial charge on any atom is 0.319 e. The zero-order valence-electron chi connectivity index (χ0n) is 12.0. The topological polar surface area (TPSA) is 71.6 Å². The molecule has 1 N–H and O–H groups in total. The number of rotatable bonds is 9. The van der Waals surface area contributed by atoms with Gasteiger partial charge in [0.25, 0.3) is 0 Å². The van der Waals surface area contributed by atoms with E-state index in [1.54, 1.807) is 0 Å². The first-order valence-corrected chi connectivity index (χ1v) is 7.00. The zero-order valence-corrected chi connectivity index (χ0v) is 12.0. The number of hydrogen-bond acceptors (Lipinski definition) is 4. The van der Waals surface area contributed by atoms with Crippen molar-refractivity contribution in [2.24, 2.45) is 10.2 Å². The molecule has 22 heavy (non-hydrogen) atoms. The van der Waals surface area contributed by atoms with E-state index in [0.29, 0.717) is 19.3 Å². The van der Waals surface area contributed by atoms with Crippen LogP contribution in [0.1, 0.15) is 38.1 Å². The van der Waals surface area contributed by atoms with Crippen LogP contribution >= 0.6 is 0 Å². The van der Waals surface area contributed by atoms with Gasteiger partial charge in [-0.2, -0.15) is 19.0 Å². The monoisotopic (exact) mass is 309 g/mol. The number of hydrogen-bond donors (Lipinski definition) is 1. The summed E-state index contributed by atoms with van der Waals surface area (Å²) in [7, 11) is 0. The fourth-order valence-electron chi connectivity index (χ4n) is 2.10. The van der Waals surface area contributed by atoms with Crippen LogP contribution in [0.2, 0.25) is 0 Å². The van der Waals surface area contributed by atoms with Crippen molar-refractivity contribution in [1.29, 1.82) is 0 Å². The Morgan fingerprint density at radius 2 is 2.23 bits per heavy atom. The third kappa shape index (κ3) is 4.35. The lowest BCUT2D eigenvalue weighted by molar-refractivity contribution is -0.121. The van der Waals surface area contributed by atoms with Crippen molar-refractivity contribution in [1.82, 2.24) is 14.9 Å². The van der Waals surface area contributed by atoms with Crippen LogP contribution < -0.4 is 5.32 Å². The summed E-state index contributed by atoms with van der Waals surface area (Å²) in [5.74, 6) is 2.61. The van der Waals surface area contributed by atoms with Gasteiger partial charge in [-0.1, -0.05) is 0 Å². The van der Waals surface area contributed by atoms with Crippen LogP contribution in [0.15, 0.2) is 22.6 Å². The maximum absolute atomic E-state index is 12.6. The molecule has 0 unspecified atom stereocenters. The highest BCUT2D eigenvalue weighted by atomic mass is 19.3. The molecule has 0 saturated heterocycles. The van der Waals surface area contributed by atoms with Gasteiger partial charge in [-0.15, -0.1) is 12.3 Å². The normalized spacial score (nSPS) is 14.8. The molecule has 0 aliphatic carbocycles. The Bertz CT molecular complexity index is 584. The van der Waals surface area contributed by atoms with Crippen molar-refractivity contribution in [2.75, 3.05) is 6.54 Å². The molecule has 8 heteroatoms. The number of imidazole rings is 1. The Labute approximate surface area is 127 Å². The molecule has 2 heterocycles. The number of alkyl halides is 2. The van der Waals surface area contributed by atoms with Crippen molar-refractivity contribution < 1.29 is 13.6 Å². The first-order valence-electron chi connectivity index (χ1n) is 7.00. The van der Waals surface area contributed by atoms with Gasteiger partial charge in [0.05, 0.1) is 0 Å². The molecular formula is C14H17F2N5O. The van der Waals surface area contributed by atoms with Crippen molar-refractivity contribution in [3.8, 4) is 12.3 Å². The standard InChI is InChI=1S/C14H17F2N5O/c1-2-3-6-14(19-20-14)7-4-12(22)18-8-5-11-17-9-10-21(11)13(15)16/h1,9-10,13H,3-8H2,(H,18,22). The zero-order chi connectivity index (χ0) is 16.0. The Hall–Kier alpha value is -2.30. The van der Waals surface area contributed by atoms with Crippen molar-refractivity contribution >= 4 is 5.91 Å². The number of nitrogens with zero attached hydrogens (tertiary/aromatic N) is 4. The number of carbonyl (C=O) groups excluding carboxylic acids is 1. The first-order chi connectivity index (χ1) is 10.6. The first kappa shape index (κ1) is 16.1. The average molecular weight is 309 g/mol. The molecular weight excluding hydrogens is 292 g/mol. The predicted octanol–water partition coefficient (Wildman–Crippen LogP) is 2.29. The summed E-state index contributed by atoms with van der Waals surface area (Å²) in [6.45, 7) is -2.36. The van der Waals surface area contributed by atoms with Crippen LogP contribution in [0.3, 0.4) is 0 Å².